The molecule has 1 heterocycles. The molecule has 1 fully saturated rings. The number of benzene rings is 1. The number of rotatable bonds is 5. The fourth-order valence-corrected chi connectivity index (χ4v) is 2.19. The van der Waals surface area contributed by atoms with Gasteiger partial charge in [0.25, 0.3) is 0 Å². The average molecular weight is 248 g/mol. The van der Waals surface area contributed by atoms with Gasteiger partial charge in [0.2, 0.25) is 5.91 Å². The van der Waals surface area contributed by atoms with Gasteiger partial charge in [-0.3, -0.25) is 4.79 Å². The van der Waals surface area contributed by atoms with Crippen LogP contribution in [0.15, 0.2) is 30.3 Å². The SMILES string of the molecule is CCNC1COCC1C(=O)NCc1ccccc1. The lowest BCUT2D eigenvalue weighted by Crippen LogP contribution is -2.43. The van der Waals surface area contributed by atoms with Gasteiger partial charge in [0.15, 0.2) is 0 Å². The van der Waals surface area contributed by atoms with Crippen LogP contribution in [0.5, 0.6) is 0 Å². The van der Waals surface area contributed by atoms with Gasteiger partial charge < -0.3 is 15.4 Å². The second-order valence-corrected chi connectivity index (χ2v) is 4.51. The first-order valence-electron chi connectivity index (χ1n) is 6.44. The molecule has 4 nitrogen and oxygen atoms in total. The van der Waals surface area contributed by atoms with Crippen molar-refractivity contribution in [3.05, 3.63) is 35.9 Å². The van der Waals surface area contributed by atoms with Crippen LogP contribution in [0.25, 0.3) is 0 Å². The van der Waals surface area contributed by atoms with E-state index >= 15 is 0 Å². The molecule has 0 spiro atoms. The molecule has 0 aromatic heterocycles. The first-order valence-corrected chi connectivity index (χ1v) is 6.44. The fourth-order valence-electron chi connectivity index (χ4n) is 2.19. The summed E-state index contributed by atoms with van der Waals surface area (Å²) in [6.45, 7) is 4.61. The van der Waals surface area contributed by atoms with Gasteiger partial charge in [0, 0.05) is 12.6 Å². The Morgan fingerprint density at radius 3 is 2.83 bits per heavy atom. The van der Waals surface area contributed by atoms with E-state index in [1.165, 1.54) is 0 Å². The molecule has 1 aliphatic rings. The predicted molar refractivity (Wildman–Crippen MR) is 70.1 cm³/mol. The number of hydrogen-bond donors (Lipinski definition) is 2. The Balaban J connectivity index is 1.84. The molecular formula is C14H20N2O2. The molecule has 1 aromatic rings. The Morgan fingerprint density at radius 1 is 1.33 bits per heavy atom. The van der Waals surface area contributed by atoms with Gasteiger partial charge in [-0.05, 0) is 12.1 Å². The molecule has 2 N–H and O–H groups in total. The van der Waals surface area contributed by atoms with Crippen LogP contribution < -0.4 is 10.6 Å². The smallest absolute Gasteiger partial charge is 0.227 e. The van der Waals surface area contributed by atoms with Gasteiger partial charge in [-0.2, -0.15) is 0 Å². The van der Waals surface area contributed by atoms with Gasteiger partial charge in [0.1, 0.15) is 0 Å². The third kappa shape index (κ3) is 3.31. The van der Waals surface area contributed by atoms with Crippen molar-refractivity contribution in [2.45, 2.75) is 19.5 Å². The molecule has 0 bridgehead atoms. The van der Waals surface area contributed by atoms with Gasteiger partial charge in [-0.25, -0.2) is 0 Å². The average Bonchev–Trinajstić information content (AvgIpc) is 2.86. The molecule has 2 rings (SSSR count). The molecule has 1 aromatic carbocycles. The third-order valence-corrected chi connectivity index (χ3v) is 3.19. The van der Waals surface area contributed by atoms with Crippen LogP contribution >= 0.6 is 0 Å². The van der Waals surface area contributed by atoms with Crippen LogP contribution in [0.3, 0.4) is 0 Å². The Kier molecular flexibility index (Phi) is 4.73. The normalized spacial score (nSPS) is 22.9. The molecule has 1 aliphatic heterocycles. The van der Waals surface area contributed by atoms with Gasteiger partial charge in [-0.1, -0.05) is 37.3 Å². The molecular weight excluding hydrogens is 228 g/mol. The summed E-state index contributed by atoms with van der Waals surface area (Å²) in [4.78, 5) is 12.1. The van der Waals surface area contributed by atoms with Crippen LogP contribution in [-0.4, -0.2) is 31.7 Å². The molecule has 18 heavy (non-hydrogen) atoms. The lowest BCUT2D eigenvalue weighted by molar-refractivity contribution is -0.125. The minimum absolute atomic E-state index is 0.0716. The number of carbonyl (C=O) groups excluding carboxylic acids is 1. The van der Waals surface area contributed by atoms with Crippen molar-refractivity contribution < 1.29 is 9.53 Å². The van der Waals surface area contributed by atoms with Crippen molar-refractivity contribution in [3.8, 4) is 0 Å². The van der Waals surface area contributed by atoms with Crippen molar-refractivity contribution in [1.29, 1.82) is 0 Å². The highest BCUT2D eigenvalue weighted by molar-refractivity contribution is 5.79. The molecule has 98 valence electrons. The van der Waals surface area contributed by atoms with Gasteiger partial charge in [-0.15, -0.1) is 0 Å². The van der Waals surface area contributed by atoms with E-state index in [1.54, 1.807) is 0 Å². The van der Waals surface area contributed by atoms with Gasteiger partial charge >= 0.3 is 0 Å². The highest BCUT2D eigenvalue weighted by Gasteiger charge is 2.33. The second kappa shape index (κ2) is 6.52. The predicted octanol–water partition coefficient (Wildman–Crippen LogP) is 0.927. The number of nitrogens with one attached hydrogen (secondary N) is 2. The van der Waals surface area contributed by atoms with Crippen LogP contribution in [0.1, 0.15) is 12.5 Å². The quantitative estimate of drug-likeness (QED) is 0.815. The minimum Gasteiger partial charge on any atom is -0.379 e. The standard InChI is InChI=1S/C14H20N2O2/c1-2-15-13-10-18-9-12(13)14(17)16-8-11-6-4-3-5-7-11/h3-7,12-13,15H,2,8-10H2,1H3,(H,16,17). The zero-order valence-corrected chi connectivity index (χ0v) is 10.7. The Morgan fingerprint density at radius 2 is 2.11 bits per heavy atom. The van der Waals surface area contributed by atoms with Crippen molar-refractivity contribution in [1.82, 2.24) is 10.6 Å². The lowest BCUT2D eigenvalue weighted by Gasteiger charge is -2.17. The summed E-state index contributed by atoms with van der Waals surface area (Å²) in [5, 5.41) is 6.26. The lowest BCUT2D eigenvalue weighted by atomic mass is 10.0. The van der Waals surface area contributed by atoms with E-state index in [4.69, 9.17) is 4.74 Å². The Labute approximate surface area is 108 Å². The highest BCUT2D eigenvalue weighted by Crippen LogP contribution is 2.14. The van der Waals surface area contributed by atoms with Gasteiger partial charge in [0.05, 0.1) is 19.1 Å². The third-order valence-electron chi connectivity index (χ3n) is 3.19. The van der Waals surface area contributed by atoms with E-state index in [1.807, 2.05) is 37.3 Å². The van der Waals surface area contributed by atoms with E-state index in [0.717, 1.165) is 12.1 Å². The zero-order chi connectivity index (χ0) is 12.8. The molecule has 1 saturated heterocycles. The number of likely N-dealkylation sites (N-methyl/N-ethyl adjacent to an activating group) is 1. The maximum absolute atomic E-state index is 12.1. The summed E-state index contributed by atoms with van der Waals surface area (Å²) in [6, 6.07) is 10.1. The molecule has 0 aliphatic carbocycles. The maximum atomic E-state index is 12.1. The number of carbonyl (C=O) groups is 1. The first kappa shape index (κ1) is 13.1. The van der Waals surface area contributed by atoms with E-state index < -0.39 is 0 Å². The molecule has 4 heteroatoms. The van der Waals surface area contributed by atoms with E-state index in [-0.39, 0.29) is 17.9 Å². The monoisotopic (exact) mass is 248 g/mol. The van der Waals surface area contributed by atoms with Crippen LogP contribution in [0, 0.1) is 5.92 Å². The fraction of sp³-hybridized carbons (Fsp3) is 0.500. The van der Waals surface area contributed by atoms with Crippen molar-refractivity contribution >= 4 is 5.91 Å². The number of ether oxygens (including phenoxy) is 1. The van der Waals surface area contributed by atoms with E-state index in [2.05, 4.69) is 10.6 Å². The minimum atomic E-state index is -0.0753. The Bertz CT molecular complexity index is 381. The number of amides is 1. The summed E-state index contributed by atoms with van der Waals surface area (Å²) in [6.07, 6.45) is 0. The summed E-state index contributed by atoms with van der Waals surface area (Å²) >= 11 is 0. The highest BCUT2D eigenvalue weighted by atomic mass is 16.5. The molecule has 0 saturated carbocycles. The van der Waals surface area contributed by atoms with Crippen LogP contribution in [0.4, 0.5) is 0 Å². The van der Waals surface area contributed by atoms with Crippen molar-refractivity contribution in [2.24, 2.45) is 5.92 Å². The summed E-state index contributed by atoms with van der Waals surface area (Å²) in [5.74, 6) is -0.00374. The zero-order valence-electron chi connectivity index (χ0n) is 10.7. The molecule has 1 amide bonds. The largest absolute Gasteiger partial charge is 0.379 e. The van der Waals surface area contributed by atoms with Crippen LogP contribution in [-0.2, 0) is 16.1 Å². The molecule has 0 radical (unpaired) electrons. The maximum Gasteiger partial charge on any atom is 0.227 e. The summed E-state index contributed by atoms with van der Waals surface area (Å²) in [5.41, 5.74) is 1.12. The summed E-state index contributed by atoms with van der Waals surface area (Å²) < 4.78 is 5.37. The molecule has 2 unspecified atom stereocenters. The topological polar surface area (TPSA) is 50.4 Å². The van der Waals surface area contributed by atoms with E-state index in [0.29, 0.717) is 19.8 Å². The Hall–Kier alpha value is -1.39. The van der Waals surface area contributed by atoms with Crippen molar-refractivity contribution in [2.75, 3.05) is 19.8 Å². The second-order valence-electron chi connectivity index (χ2n) is 4.51. The number of hydrogen-bond acceptors (Lipinski definition) is 3. The van der Waals surface area contributed by atoms with E-state index in [9.17, 15) is 4.79 Å². The molecule has 2 atom stereocenters. The summed E-state index contributed by atoms with van der Waals surface area (Å²) in [7, 11) is 0. The van der Waals surface area contributed by atoms with Crippen molar-refractivity contribution in [3.63, 3.8) is 0 Å². The van der Waals surface area contributed by atoms with Crippen LogP contribution in [0.2, 0.25) is 0 Å². The first-order chi connectivity index (χ1) is 8.81.